The number of ether oxygens (including phenoxy) is 2. The lowest BCUT2D eigenvalue weighted by Gasteiger charge is -2.28. The van der Waals surface area contributed by atoms with E-state index in [1.54, 1.807) is 25.3 Å². The Labute approximate surface area is 185 Å². The molecule has 2 unspecified atom stereocenters. The number of esters is 1. The molecule has 0 spiro atoms. The lowest BCUT2D eigenvalue weighted by molar-refractivity contribution is -0.149. The van der Waals surface area contributed by atoms with Crippen LogP contribution in [0, 0.1) is 0 Å². The number of carbonyl (C=O) groups is 2. The van der Waals surface area contributed by atoms with Gasteiger partial charge in [-0.1, -0.05) is 0 Å². The van der Waals surface area contributed by atoms with Crippen LogP contribution >= 0.6 is 7.52 Å². The first-order valence-electron chi connectivity index (χ1n) is 9.82. The van der Waals surface area contributed by atoms with Crippen molar-refractivity contribution in [1.29, 1.82) is 0 Å². The number of hydrogen-bond acceptors (Lipinski definition) is 10. The van der Waals surface area contributed by atoms with Crippen molar-refractivity contribution in [2.45, 2.75) is 58.9 Å². The van der Waals surface area contributed by atoms with Crippen molar-refractivity contribution in [3.8, 4) is 0 Å². The van der Waals surface area contributed by atoms with Crippen LogP contribution in [0.4, 0.5) is 5.82 Å². The summed E-state index contributed by atoms with van der Waals surface area (Å²) in [5.74, 6) is -1.74. The number of nitrogens with one attached hydrogen (secondary N) is 1. The molecule has 0 aromatic carbocycles. The zero-order valence-electron chi connectivity index (χ0n) is 18.6. The zero-order valence-corrected chi connectivity index (χ0v) is 19.5. The maximum Gasteiger partial charge on any atom is 0.332 e. The second-order valence-corrected chi connectivity index (χ2v) is 10.0. The Bertz CT molecular complexity index is 1010. The van der Waals surface area contributed by atoms with Gasteiger partial charge in [0.25, 0.3) is 7.52 Å². The van der Waals surface area contributed by atoms with Crippen molar-refractivity contribution in [1.82, 2.24) is 24.6 Å². The number of aliphatic carboxylic acids is 1. The largest absolute Gasteiger partial charge is 0.480 e. The molecule has 2 aromatic heterocycles. The Morgan fingerprint density at radius 3 is 2.59 bits per heavy atom. The molecule has 0 saturated carbocycles. The highest BCUT2D eigenvalue weighted by Crippen LogP contribution is 2.45. The van der Waals surface area contributed by atoms with Gasteiger partial charge in [-0.05, 0) is 34.6 Å². The van der Waals surface area contributed by atoms with Gasteiger partial charge in [-0.2, -0.15) is 0 Å². The van der Waals surface area contributed by atoms with Gasteiger partial charge in [0.2, 0.25) is 0 Å². The minimum Gasteiger partial charge on any atom is -0.480 e. The molecular formula is C18H29N6O7P. The standard InChI is InChI=1S/C18H29N6O7P/c1-11(2)31-13(25)7-30-32(28,23-18(4,5)17(26)27)10-29-12(3)6-24-9-22-14-15(19)20-8-21-16(14)24/h8-9,11-12H,6-7,10H2,1-5H3,(H,23,28)(H,26,27)(H2,19,20,21). The summed E-state index contributed by atoms with van der Waals surface area (Å²) in [5, 5.41) is 11.8. The monoisotopic (exact) mass is 472 g/mol. The number of nitrogens with two attached hydrogens (primary N) is 1. The highest BCUT2D eigenvalue weighted by atomic mass is 31.2. The number of hydrogen-bond donors (Lipinski definition) is 3. The predicted molar refractivity (Wildman–Crippen MR) is 115 cm³/mol. The molecule has 178 valence electrons. The summed E-state index contributed by atoms with van der Waals surface area (Å²) in [6.45, 7) is 7.34. The number of aromatic nitrogens is 4. The van der Waals surface area contributed by atoms with Crippen molar-refractivity contribution >= 4 is 36.4 Å². The Morgan fingerprint density at radius 2 is 1.97 bits per heavy atom. The molecule has 4 N–H and O–H groups in total. The number of fused-ring (bicyclic) bond motifs is 1. The second-order valence-electron chi connectivity index (χ2n) is 7.96. The lowest BCUT2D eigenvalue weighted by Crippen LogP contribution is -2.46. The van der Waals surface area contributed by atoms with Gasteiger partial charge in [-0.3, -0.25) is 9.36 Å². The molecule has 0 fully saturated rings. The van der Waals surface area contributed by atoms with Crippen LogP contribution in [0.25, 0.3) is 11.2 Å². The third-order valence-corrected chi connectivity index (χ3v) is 6.09. The fraction of sp³-hybridized carbons (Fsp3) is 0.611. The maximum absolute atomic E-state index is 13.3. The van der Waals surface area contributed by atoms with Gasteiger partial charge in [0, 0.05) is 0 Å². The number of nitrogens with zero attached hydrogens (tertiary/aromatic N) is 4. The molecule has 0 radical (unpaired) electrons. The Kier molecular flexibility index (Phi) is 8.29. The SMILES string of the molecule is CC(C)OC(=O)COP(=O)(COC(C)Cn1cnc2c(N)ncnc21)NC(C)(C)C(=O)O. The minimum absolute atomic E-state index is 0.244. The van der Waals surface area contributed by atoms with E-state index in [0.717, 1.165) is 0 Å². The topological polar surface area (TPSA) is 181 Å². The molecular weight excluding hydrogens is 443 g/mol. The predicted octanol–water partition coefficient (Wildman–Crippen LogP) is 1.39. The highest BCUT2D eigenvalue weighted by molar-refractivity contribution is 7.56. The van der Waals surface area contributed by atoms with Crippen molar-refractivity contribution in [3.05, 3.63) is 12.7 Å². The smallest absolute Gasteiger partial charge is 0.332 e. The minimum atomic E-state index is -3.92. The van der Waals surface area contributed by atoms with Crippen molar-refractivity contribution in [2.75, 3.05) is 18.7 Å². The summed E-state index contributed by atoms with van der Waals surface area (Å²) >= 11 is 0. The van der Waals surface area contributed by atoms with E-state index in [1.165, 1.54) is 26.5 Å². The van der Waals surface area contributed by atoms with E-state index in [-0.39, 0.29) is 18.5 Å². The molecule has 2 atom stereocenters. The number of nitrogen functional groups attached to an aromatic ring is 1. The highest BCUT2D eigenvalue weighted by Gasteiger charge is 2.38. The third kappa shape index (κ3) is 6.95. The summed E-state index contributed by atoms with van der Waals surface area (Å²) in [4.78, 5) is 35.5. The summed E-state index contributed by atoms with van der Waals surface area (Å²) in [7, 11) is -3.92. The molecule has 2 aromatic rings. The molecule has 0 amide bonds. The fourth-order valence-corrected chi connectivity index (χ4v) is 4.53. The average Bonchev–Trinajstić information content (AvgIpc) is 3.08. The first-order valence-corrected chi connectivity index (χ1v) is 11.6. The van der Waals surface area contributed by atoms with Crippen LogP contribution in [0.5, 0.6) is 0 Å². The average molecular weight is 472 g/mol. The van der Waals surface area contributed by atoms with E-state index in [0.29, 0.717) is 11.2 Å². The summed E-state index contributed by atoms with van der Waals surface area (Å²) in [6.07, 6.45) is 1.48. The van der Waals surface area contributed by atoms with Crippen molar-refractivity contribution in [3.63, 3.8) is 0 Å². The molecule has 0 aliphatic heterocycles. The normalized spacial score (nSPS) is 14.9. The number of anilines is 1. The van der Waals surface area contributed by atoms with Crippen LogP contribution in [0.15, 0.2) is 12.7 Å². The van der Waals surface area contributed by atoms with Gasteiger partial charge in [0.1, 0.15) is 23.7 Å². The Morgan fingerprint density at radius 1 is 1.28 bits per heavy atom. The van der Waals surface area contributed by atoms with Crippen LogP contribution < -0.4 is 10.8 Å². The van der Waals surface area contributed by atoms with Gasteiger partial charge in [-0.25, -0.2) is 24.8 Å². The van der Waals surface area contributed by atoms with E-state index < -0.39 is 44.1 Å². The molecule has 0 aliphatic carbocycles. The van der Waals surface area contributed by atoms with Crippen LogP contribution in [-0.4, -0.2) is 67.3 Å². The number of carboxylic acid groups (broad SMARTS) is 1. The van der Waals surface area contributed by atoms with Gasteiger partial charge >= 0.3 is 11.9 Å². The van der Waals surface area contributed by atoms with E-state index in [4.69, 9.17) is 19.7 Å². The lowest BCUT2D eigenvalue weighted by atomic mass is 10.1. The first-order chi connectivity index (χ1) is 14.8. The van der Waals surface area contributed by atoms with Gasteiger partial charge in [0.15, 0.2) is 18.1 Å². The van der Waals surface area contributed by atoms with Crippen LogP contribution in [0.2, 0.25) is 0 Å². The van der Waals surface area contributed by atoms with Crippen LogP contribution in [0.1, 0.15) is 34.6 Å². The fourth-order valence-electron chi connectivity index (χ4n) is 2.62. The van der Waals surface area contributed by atoms with Crippen LogP contribution in [0.3, 0.4) is 0 Å². The number of carboxylic acids is 1. The quantitative estimate of drug-likeness (QED) is 0.299. The van der Waals surface area contributed by atoms with E-state index in [2.05, 4.69) is 20.0 Å². The molecule has 2 rings (SSSR count). The van der Waals surface area contributed by atoms with E-state index in [1.807, 2.05) is 0 Å². The summed E-state index contributed by atoms with van der Waals surface area (Å²) < 4.78 is 30.9. The van der Waals surface area contributed by atoms with Crippen LogP contribution in [-0.2, 0) is 34.7 Å². The second kappa shape index (κ2) is 10.3. The molecule has 0 bridgehead atoms. The van der Waals surface area contributed by atoms with Crippen molar-refractivity contribution in [2.24, 2.45) is 0 Å². The first kappa shape index (κ1) is 25.7. The molecule has 32 heavy (non-hydrogen) atoms. The van der Waals surface area contributed by atoms with Gasteiger partial charge < -0.3 is 29.4 Å². The molecule has 13 nitrogen and oxygen atoms in total. The van der Waals surface area contributed by atoms with Crippen molar-refractivity contribution < 1.29 is 33.3 Å². The third-order valence-electron chi connectivity index (χ3n) is 4.15. The molecule has 14 heteroatoms. The number of rotatable bonds is 12. The number of carbonyl (C=O) groups excluding carboxylic acids is 1. The number of imidazole rings is 1. The van der Waals surface area contributed by atoms with Gasteiger partial charge in [-0.15, -0.1) is 0 Å². The molecule has 2 heterocycles. The van der Waals surface area contributed by atoms with E-state index >= 15 is 0 Å². The summed E-state index contributed by atoms with van der Waals surface area (Å²) in [6, 6.07) is 0. The maximum atomic E-state index is 13.3. The van der Waals surface area contributed by atoms with Gasteiger partial charge in [0.05, 0.1) is 25.1 Å². The molecule has 0 saturated heterocycles. The summed E-state index contributed by atoms with van der Waals surface area (Å²) in [5.41, 5.74) is 5.14. The Balaban J connectivity index is 2.08. The van der Waals surface area contributed by atoms with E-state index in [9.17, 15) is 19.3 Å². The molecule has 0 aliphatic rings. The Hall–Kier alpha value is -2.60. The zero-order chi connectivity index (χ0) is 24.1.